The third-order valence-electron chi connectivity index (χ3n) is 3.67. The Labute approximate surface area is 133 Å². The number of nitrogens with one attached hydrogen (secondary N) is 1. The molecule has 0 aliphatic rings. The molecule has 1 aromatic heterocycles. The molecule has 0 bridgehead atoms. The SMILES string of the molecule is Cn1cc(C=NNC(=O)C(O)c2ccccc2)c2ccccc21. The summed E-state index contributed by atoms with van der Waals surface area (Å²) in [6, 6.07) is 16.7. The van der Waals surface area contributed by atoms with Crippen molar-refractivity contribution in [2.75, 3.05) is 0 Å². The van der Waals surface area contributed by atoms with Crippen LogP contribution >= 0.6 is 0 Å². The fraction of sp³-hybridized carbons (Fsp3) is 0.111. The molecular weight excluding hydrogens is 290 g/mol. The fourth-order valence-electron chi connectivity index (χ4n) is 2.49. The Morgan fingerprint density at radius 2 is 1.87 bits per heavy atom. The number of hydrogen-bond acceptors (Lipinski definition) is 3. The molecular formula is C18H17N3O2. The summed E-state index contributed by atoms with van der Waals surface area (Å²) >= 11 is 0. The number of amides is 1. The molecule has 116 valence electrons. The average molecular weight is 307 g/mol. The highest BCUT2D eigenvalue weighted by molar-refractivity contribution is 5.99. The van der Waals surface area contributed by atoms with Crippen LogP contribution in [-0.2, 0) is 11.8 Å². The number of aliphatic hydroxyl groups is 1. The quantitative estimate of drug-likeness (QED) is 0.574. The van der Waals surface area contributed by atoms with Crippen molar-refractivity contribution in [3.8, 4) is 0 Å². The number of carbonyl (C=O) groups is 1. The van der Waals surface area contributed by atoms with Gasteiger partial charge < -0.3 is 9.67 Å². The Balaban J connectivity index is 1.72. The number of para-hydroxylation sites is 1. The van der Waals surface area contributed by atoms with E-state index in [4.69, 9.17) is 0 Å². The number of aliphatic hydroxyl groups excluding tert-OH is 1. The average Bonchev–Trinajstić information content (AvgIpc) is 2.91. The van der Waals surface area contributed by atoms with Crippen LogP contribution in [0.5, 0.6) is 0 Å². The number of rotatable bonds is 4. The van der Waals surface area contributed by atoms with Gasteiger partial charge in [0.05, 0.1) is 6.21 Å². The van der Waals surface area contributed by atoms with Gasteiger partial charge >= 0.3 is 0 Å². The zero-order chi connectivity index (χ0) is 16.2. The van der Waals surface area contributed by atoms with E-state index >= 15 is 0 Å². The lowest BCUT2D eigenvalue weighted by Gasteiger charge is -2.08. The standard InChI is InChI=1S/C18H17N3O2/c1-21-12-14(15-9-5-6-10-16(15)21)11-19-20-18(23)17(22)13-7-3-2-4-8-13/h2-12,17,22H,1H3,(H,20,23). The van der Waals surface area contributed by atoms with Gasteiger partial charge in [0, 0.05) is 29.7 Å². The van der Waals surface area contributed by atoms with E-state index in [1.807, 2.05) is 48.1 Å². The van der Waals surface area contributed by atoms with Gasteiger partial charge in [-0.15, -0.1) is 0 Å². The van der Waals surface area contributed by atoms with Crippen LogP contribution in [0.25, 0.3) is 10.9 Å². The number of aryl methyl sites for hydroxylation is 1. The normalized spacial score (nSPS) is 12.6. The first-order valence-electron chi connectivity index (χ1n) is 7.27. The van der Waals surface area contributed by atoms with Crippen molar-refractivity contribution in [1.29, 1.82) is 0 Å². The molecule has 0 aliphatic heterocycles. The van der Waals surface area contributed by atoms with E-state index in [1.54, 1.807) is 30.5 Å². The van der Waals surface area contributed by atoms with Crippen molar-refractivity contribution in [3.63, 3.8) is 0 Å². The minimum Gasteiger partial charge on any atom is -0.378 e. The Hall–Kier alpha value is -2.92. The predicted octanol–water partition coefficient (Wildman–Crippen LogP) is 2.36. The predicted molar refractivity (Wildman–Crippen MR) is 90.1 cm³/mol. The minimum atomic E-state index is -1.24. The summed E-state index contributed by atoms with van der Waals surface area (Å²) in [5.74, 6) is -0.562. The van der Waals surface area contributed by atoms with Crippen molar-refractivity contribution >= 4 is 23.0 Å². The maximum absolute atomic E-state index is 11.9. The maximum Gasteiger partial charge on any atom is 0.273 e. The van der Waals surface area contributed by atoms with Gasteiger partial charge in [-0.2, -0.15) is 5.10 Å². The summed E-state index contributed by atoms with van der Waals surface area (Å²) in [7, 11) is 1.96. The first-order chi connectivity index (χ1) is 11.2. The Morgan fingerprint density at radius 1 is 1.17 bits per heavy atom. The van der Waals surface area contributed by atoms with Crippen molar-refractivity contribution in [2.45, 2.75) is 6.10 Å². The molecule has 0 aliphatic carbocycles. The lowest BCUT2D eigenvalue weighted by molar-refractivity contribution is -0.129. The zero-order valence-corrected chi connectivity index (χ0v) is 12.7. The molecule has 5 heteroatoms. The summed E-state index contributed by atoms with van der Waals surface area (Å²) in [6.07, 6.45) is 2.28. The van der Waals surface area contributed by atoms with Crippen LogP contribution in [0.1, 0.15) is 17.2 Å². The maximum atomic E-state index is 11.9. The second kappa shape index (κ2) is 6.46. The minimum absolute atomic E-state index is 0.533. The molecule has 1 unspecified atom stereocenters. The van der Waals surface area contributed by atoms with E-state index in [9.17, 15) is 9.90 Å². The molecule has 2 N–H and O–H groups in total. The highest BCUT2D eigenvalue weighted by Crippen LogP contribution is 2.18. The van der Waals surface area contributed by atoms with Crippen LogP contribution in [0.2, 0.25) is 0 Å². The van der Waals surface area contributed by atoms with Gasteiger partial charge in [0.25, 0.3) is 5.91 Å². The van der Waals surface area contributed by atoms with Crippen LogP contribution < -0.4 is 5.43 Å². The monoisotopic (exact) mass is 307 g/mol. The first kappa shape index (κ1) is 15.0. The lowest BCUT2D eigenvalue weighted by atomic mass is 10.1. The van der Waals surface area contributed by atoms with Gasteiger partial charge in [0.15, 0.2) is 6.10 Å². The van der Waals surface area contributed by atoms with E-state index in [0.717, 1.165) is 16.5 Å². The molecule has 3 aromatic rings. The van der Waals surface area contributed by atoms with E-state index < -0.39 is 12.0 Å². The van der Waals surface area contributed by atoms with Gasteiger partial charge in [-0.25, -0.2) is 5.43 Å². The largest absolute Gasteiger partial charge is 0.378 e. The Morgan fingerprint density at radius 3 is 2.65 bits per heavy atom. The van der Waals surface area contributed by atoms with E-state index in [1.165, 1.54) is 0 Å². The summed E-state index contributed by atoms with van der Waals surface area (Å²) in [5, 5.41) is 15.0. The molecule has 5 nitrogen and oxygen atoms in total. The molecule has 3 rings (SSSR count). The smallest absolute Gasteiger partial charge is 0.273 e. The molecule has 0 spiro atoms. The molecule has 0 radical (unpaired) electrons. The van der Waals surface area contributed by atoms with E-state index in [2.05, 4.69) is 10.5 Å². The Bertz CT molecular complexity index is 853. The number of hydrogen-bond donors (Lipinski definition) is 2. The molecule has 1 amide bonds. The second-order valence-electron chi connectivity index (χ2n) is 5.26. The Kier molecular flexibility index (Phi) is 4.21. The summed E-state index contributed by atoms with van der Waals surface area (Å²) < 4.78 is 2.00. The summed E-state index contributed by atoms with van der Waals surface area (Å²) in [4.78, 5) is 11.9. The number of aromatic nitrogens is 1. The van der Waals surface area contributed by atoms with Gasteiger partial charge in [-0.05, 0) is 11.6 Å². The molecule has 23 heavy (non-hydrogen) atoms. The molecule has 1 atom stereocenters. The van der Waals surface area contributed by atoms with Crippen LogP contribution in [0.15, 0.2) is 65.9 Å². The number of nitrogens with zero attached hydrogens (tertiary/aromatic N) is 2. The third-order valence-corrected chi connectivity index (χ3v) is 3.67. The number of fused-ring (bicyclic) bond motifs is 1. The van der Waals surface area contributed by atoms with Crippen molar-refractivity contribution in [1.82, 2.24) is 9.99 Å². The topological polar surface area (TPSA) is 66.6 Å². The van der Waals surface area contributed by atoms with E-state index in [0.29, 0.717) is 5.56 Å². The van der Waals surface area contributed by atoms with Crippen molar-refractivity contribution in [3.05, 3.63) is 71.9 Å². The van der Waals surface area contributed by atoms with Crippen LogP contribution in [-0.4, -0.2) is 21.8 Å². The van der Waals surface area contributed by atoms with Crippen molar-refractivity contribution < 1.29 is 9.90 Å². The van der Waals surface area contributed by atoms with Crippen molar-refractivity contribution in [2.24, 2.45) is 12.1 Å². The highest BCUT2D eigenvalue weighted by Gasteiger charge is 2.16. The van der Waals surface area contributed by atoms with Crippen LogP contribution in [0.3, 0.4) is 0 Å². The third kappa shape index (κ3) is 3.14. The zero-order valence-electron chi connectivity index (χ0n) is 12.7. The number of hydrazone groups is 1. The molecule has 0 fully saturated rings. The van der Waals surface area contributed by atoms with Gasteiger partial charge in [0.2, 0.25) is 0 Å². The van der Waals surface area contributed by atoms with Crippen LogP contribution in [0.4, 0.5) is 0 Å². The van der Waals surface area contributed by atoms with Gasteiger partial charge in [-0.1, -0.05) is 48.5 Å². The van der Waals surface area contributed by atoms with Gasteiger partial charge in [-0.3, -0.25) is 4.79 Å². The molecule has 0 saturated carbocycles. The molecule has 1 heterocycles. The van der Waals surface area contributed by atoms with Crippen LogP contribution in [0, 0.1) is 0 Å². The first-order valence-corrected chi connectivity index (χ1v) is 7.27. The summed E-state index contributed by atoms with van der Waals surface area (Å²) in [5.41, 5.74) is 4.90. The number of carbonyl (C=O) groups excluding carboxylic acids is 1. The van der Waals surface area contributed by atoms with E-state index in [-0.39, 0.29) is 0 Å². The van der Waals surface area contributed by atoms with Gasteiger partial charge in [0.1, 0.15) is 0 Å². The molecule has 2 aromatic carbocycles. The number of benzene rings is 2. The fourth-order valence-corrected chi connectivity index (χ4v) is 2.49. The summed E-state index contributed by atoms with van der Waals surface area (Å²) in [6.45, 7) is 0. The lowest BCUT2D eigenvalue weighted by Crippen LogP contribution is -2.25. The highest BCUT2D eigenvalue weighted by atomic mass is 16.3. The molecule has 0 saturated heterocycles. The second-order valence-corrected chi connectivity index (χ2v) is 5.26.